The van der Waals surface area contributed by atoms with Gasteiger partial charge in [0, 0.05) is 25.9 Å². The maximum Gasteiger partial charge on any atom is 0.275 e. The van der Waals surface area contributed by atoms with E-state index in [1.54, 1.807) is 6.20 Å². The van der Waals surface area contributed by atoms with Crippen molar-refractivity contribution < 1.29 is 4.79 Å². The van der Waals surface area contributed by atoms with Gasteiger partial charge in [-0.05, 0) is 43.5 Å². The monoisotopic (exact) mass is 257 g/mol. The molecule has 0 bridgehead atoms. The van der Waals surface area contributed by atoms with E-state index in [2.05, 4.69) is 36.5 Å². The average molecular weight is 257 g/mol. The summed E-state index contributed by atoms with van der Waals surface area (Å²) in [5.74, 6) is -0.152. The molecule has 100 valence electrons. The van der Waals surface area contributed by atoms with Crippen molar-refractivity contribution in [3.8, 4) is 0 Å². The molecule has 2 rings (SSSR count). The lowest BCUT2D eigenvalue weighted by atomic mass is 9.94. The first kappa shape index (κ1) is 13.3. The summed E-state index contributed by atoms with van der Waals surface area (Å²) < 4.78 is 0. The molecular weight excluding hydrogens is 238 g/mol. The summed E-state index contributed by atoms with van der Waals surface area (Å²) in [7, 11) is 3.78. The highest BCUT2D eigenvalue weighted by atomic mass is 16.2. The van der Waals surface area contributed by atoms with Crippen LogP contribution in [-0.2, 0) is 4.79 Å². The molecule has 0 radical (unpaired) electrons. The number of nitrogens with one attached hydrogen (secondary N) is 1. The van der Waals surface area contributed by atoms with E-state index in [-0.39, 0.29) is 5.91 Å². The fraction of sp³-hybridized carbons (Fsp3) is 0.333. The van der Waals surface area contributed by atoms with Crippen LogP contribution in [0.25, 0.3) is 0 Å². The van der Waals surface area contributed by atoms with Crippen LogP contribution in [0, 0.1) is 20.8 Å². The Bertz CT molecular complexity index is 598. The summed E-state index contributed by atoms with van der Waals surface area (Å²) in [6.07, 6.45) is 1.80. The lowest BCUT2D eigenvalue weighted by Gasteiger charge is -2.11. The molecule has 0 fully saturated rings. The first-order chi connectivity index (χ1) is 8.90. The van der Waals surface area contributed by atoms with Crippen LogP contribution < -0.4 is 5.43 Å². The van der Waals surface area contributed by atoms with Crippen LogP contribution in [0.1, 0.15) is 22.3 Å². The van der Waals surface area contributed by atoms with Crippen LogP contribution in [0.3, 0.4) is 0 Å². The van der Waals surface area contributed by atoms with E-state index >= 15 is 0 Å². The first-order valence-electron chi connectivity index (χ1n) is 6.25. The van der Waals surface area contributed by atoms with Crippen LogP contribution in [0.5, 0.6) is 0 Å². The van der Waals surface area contributed by atoms with Crippen molar-refractivity contribution in [2.45, 2.75) is 20.8 Å². The minimum absolute atomic E-state index is 0.152. The summed E-state index contributed by atoms with van der Waals surface area (Å²) in [6, 6.07) is 4.22. The summed E-state index contributed by atoms with van der Waals surface area (Å²) in [4.78, 5) is 13.7. The molecule has 0 saturated carbocycles. The molecule has 0 aromatic heterocycles. The van der Waals surface area contributed by atoms with Crippen molar-refractivity contribution in [1.29, 1.82) is 0 Å². The maximum absolute atomic E-state index is 11.8. The zero-order chi connectivity index (χ0) is 14.2. The highest BCUT2D eigenvalue weighted by Crippen LogP contribution is 2.21. The average Bonchev–Trinajstić information content (AvgIpc) is 2.65. The largest absolute Gasteiger partial charge is 0.383 e. The van der Waals surface area contributed by atoms with Gasteiger partial charge in [-0.2, -0.15) is 5.10 Å². The molecular formula is C15H19N3O. The number of carbonyl (C=O) groups excluding carboxylic acids is 1. The van der Waals surface area contributed by atoms with Gasteiger partial charge in [0.25, 0.3) is 5.91 Å². The molecule has 4 nitrogen and oxygen atoms in total. The second-order valence-electron chi connectivity index (χ2n) is 5.16. The van der Waals surface area contributed by atoms with Gasteiger partial charge in [-0.1, -0.05) is 6.07 Å². The van der Waals surface area contributed by atoms with Crippen molar-refractivity contribution in [2.24, 2.45) is 5.10 Å². The molecule has 1 aliphatic rings. The molecule has 0 atom stereocenters. The van der Waals surface area contributed by atoms with Crippen LogP contribution in [-0.4, -0.2) is 30.6 Å². The van der Waals surface area contributed by atoms with Crippen molar-refractivity contribution in [3.63, 3.8) is 0 Å². The standard InChI is InChI=1S/C15H19N3O/c1-9-6-11(3)12(7-10(9)2)14-13(8-18(4)5)15(19)17-16-14/h6-8H,1-5H3,(H,17,19). The number of nitrogens with zero attached hydrogens (tertiary/aromatic N) is 2. The lowest BCUT2D eigenvalue weighted by Crippen LogP contribution is -2.17. The Hall–Kier alpha value is -2.10. The second kappa shape index (κ2) is 4.88. The van der Waals surface area contributed by atoms with Crippen molar-refractivity contribution in [1.82, 2.24) is 10.3 Å². The Morgan fingerprint density at radius 1 is 1.11 bits per heavy atom. The highest BCUT2D eigenvalue weighted by Gasteiger charge is 2.25. The summed E-state index contributed by atoms with van der Waals surface area (Å²) in [6.45, 7) is 6.20. The third-order valence-electron chi connectivity index (χ3n) is 3.25. The maximum atomic E-state index is 11.8. The molecule has 1 aromatic carbocycles. The number of hydrogen-bond acceptors (Lipinski definition) is 3. The molecule has 1 heterocycles. The fourth-order valence-corrected chi connectivity index (χ4v) is 2.13. The molecule has 19 heavy (non-hydrogen) atoms. The van der Waals surface area contributed by atoms with Gasteiger partial charge in [-0.3, -0.25) is 4.79 Å². The molecule has 0 aliphatic carbocycles. The number of aryl methyl sites for hydroxylation is 3. The lowest BCUT2D eigenvalue weighted by molar-refractivity contribution is -0.116. The van der Waals surface area contributed by atoms with Gasteiger partial charge in [-0.15, -0.1) is 0 Å². The number of benzene rings is 1. The predicted octanol–water partition coefficient (Wildman–Crippen LogP) is 1.89. The van der Waals surface area contributed by atoms with E-state index in [9.17, 15) is 4.79 Å². The zero-order valence-corrected chi connectivity index (χ0v) is 12.0. The smallest absolute Gasteiger partial charge is 0.275 e. The Morgan fingerprint density at radius 3 is 2.37 bits per heavy atom. The SMILES string of the molecule is Cc1cc(C)c(C2=NNC(=O)C2=CN(C)C)cc1C. The highest BCUT2D eigenvalue weighted by molar-refractivity contribution is 6.31. The molecule has 4 heteroatoms. The minimum atomic E-state index is -0.152. The Balaban J connectivity index is 2.53. The minimum Gasteiger partial charge on any atom is -0.383 e. The molecule has 1 amide bonds. The van der Waals surface area contributed by atoms with E-state index in [0.717, 1.165) is 16.8 Å². The van der Waals surface area contributed by atoms with Crippen LogP contribution >= 0.6 is 0 Å². The molecule has 1 aliphatic heterocycles. The fourth-order valence-electron chi connectivity index (χ4n) is 2.13. The van der Waals surface area contributed by atoms with E-state index < -0.39 is 0 Å². The van der Waals surface area contributed by atoms with E-state index in [0.29, 0.717) is 5.57 Å². The van der Waals surface area contributed by atoms with Crippen molar-refractivity contribution in [2.75, 3.05) is 14.1 Å². The van der Waals surface area contributed by atoms with Crippen LogP contribution in [0.15, 0.2) is 29.0 Å². The molecule has 0 unspecified atom stereocenters. The topological polar surface area (TPSA) is 44.7 Å². The van der Waals surface area contributed by atoms with Crippen LogP contribution in [0.2, 0.25) is 0 Å². The normalized spacial score (nSPS) is 16.6. The molecule has 0 spiro atoms. The second-order valence-corrected chi connectivity index (χ2v) is 5.16. The molecule has 1 N–H and O–H groups in total. The summed E-state index contributed by atoms with van der Waals surface area (Å²) in [5, 5.41) is 4.18. The number of rotatable bonds is 2. The van der Waals surface area contributed by atoms with Gasteiger partial charge < -0.3 is 4.90 Å². The summed E-state index contributed by atoms with van der Waals surface area (Å²) >= 11 is 0. The van der Waals surface area contributed by atoms with E-state index in [1.807, 2.05) is 25.9 Å². The molecule has 0 saturated heterocycles. The van der Waals surface area contributed by atoms with Gasteiger partial charge in [0.1, 0.15) is 5.71 Å². The summed E-state index contributed by atoms with van der Waals surface area (Å²) in [5.41, 5.74) is 8.45. The number of amides is 1. The van der Waals surface area contributed by atoms with Gasteiger partial charge in [0.15, 0.2) is 0 Å². The number of hydrogen-bond donors (Lipinski definition) is 1. The number of hydrazone groups is 1. The Labute approximate surface area is 113 Å². The van der Waals surface area contributed by atoms with Crippen molar-refractivity contribution in [3.05, 3.63) is 46.2 Å². The quantitative estimate of drug-likeness (QED) is 0.822. The predicted molar refractivity (Wildman–Crippen MR) is 77.1 cm³/mol. The first-order valence-corrected chi connectivity index (χ1v) is 6.25. The van der Waals surface area contributed by atoms with E-state index in [1.165, 1.54) is 11.1 Å². The Kier molecular flexibility index (Phi) is 3.42. The van der Waals surface area contributed by atoms with E-state index in [4.69, 9.17) is 0 Å². The molecule has 1 aromatic rings. The number of carbonyl (C=O) groups is 1. The third kappa shape index (κ3) is 2.52. The van der Waals surface area contributed by atoms with Gasteiger partial charge in [-0.25, -0.2) is 5.43 Å². The van der Waals surface area contributed by atoms with Gasteiger partial charge in [0.2, 0.25) is 0 Å². The van der Waals surface area contributed by atoms with Gasteiger partial charge >= 0.3 is 0 Å². The third-order valence-corrected chi connectivity index (χ3v) is 3.25. The zero-order valence-electron chi connectivity index (χ0n) is 12.0. The van der Waals surface area contributed by atoms with Crippen LogP contribution in [0.4, 0.5) is 0 Å². The van der Waals surface area contributed by atoms with Gasteiger partial charge in [0.05, 0.1) is 5.57 Å². The Morgan fingerprint density at radius 2 is 1.74 bits per heavy atom. The van der Waals surface area contributed by atoms with Crippen molar-refractivity contribution >= 4 is 11.6 Å².